The molecule has 0 aliphatic carbocycles. The van der Waals surface area contributed by atoms with Gasteiger partial charge in [0, 0.05) is 0 Å². The van der Waals surface area contributed by atoms with Crippen LogP contribution in [0.2, 0.25) is 5.02 Å². The van der Waals surface area contributed by atoms with Crippen LogP contribution in [0.1, 0.15) is 0 Å². The molecule has 25 heavy (non-hydrogen) atoms. The van der Waals surface area contributed by atoms with Crippen LogP contribution in [-0.2, 0) is 0 Å². The van der Waals surface area contributed by atoms with Crippen LogP contribution in [0.5, 0.6) is 0 Å². The van der Waals surface area contributed by atoms with E-state index in [0.29, 0.717) is 10.9 Å². The molecule has 124 valence electrons. The van der Waals surface area contributed by atoms with Crippen molar-refractivity contribution in [3.63, 3.8) is 0 Å². The Morgan fingerprint density at radius 1 is 1.24 bits per heavy atom. The molecular formula is C14H6ClN5O3S2. The molecule has 2 heterocycles. The smallest absolute Gasteiger partial charge is 0.301 e. The zero-order valence-electron chi connectivity index (χ0n) is 12.1. The van der Waals surface area contributed by atoms with Gasteiger partial charge in [-0.05, 0) is 30.0 Å². The van der Waals surface area contributed by atoms with Crippen molar-refractivity contribution in [2.75, 3.05) is 0 Å². The van der Waals surface area contributed by atoms with E-state index in [9.17, 15) is 14.9 Å². The first-order chi connectivity index (χ1) is 12.0. The SMILES string of the molecule is O=c1[nH]c(Sc2cc(Cl)c3nsnc3c2[N+](=O)[O-])nc2ccccc12. The van der Waals surface area contributed by atoms with Crippen molar-refractivity contribution in [3.8, 4) is 0 Å². The first kappa shape index (κ1) is 15.9. The summed E-state index contributed by atoms with van der Waals surface area (Å²) in [7, 11) is 0. The van der Waals surface area contributed by atoms with E-state index in [2.05, 4.69) is 18.7 Å². The fraction of sp³-hybridized carbons (Fsp3) is 0. The quantitative estimate of drug-likeness (QED) is 0.322. The summed E-state index contributed by atoms with van der Waals surface area (Å²) in [6.45, 7) is 0. The fourth-order valence-electron chi connectivity index (χ4n) is 2.34. The third-order valence-electron chi connectivity index (χ3n) is 3.41. The van der Waals surface area contributed by atoms with Crippen molar-refractivity contribution in [2.24, 2.45) is 0 Å². The number of nitro benzene ring substituents is 1. The van der Waals surface area contributed by atoms with Gasteiger partial charge < -0.3 is 4.98 Å². The Morgan fingerprint density at radius 3 is 2.80 bits per heavy atom. The van der Waals surface area contributed by atoms with Crippen molar-refractivity contribution < 1.29 is 4.92 Å². The van der Waals surface area contributed by atoms with Gasteiger partial charge in [-0.15, -0.1) is 0 Å². The minimum atomic E-state index is -0.540. The molecule has 2 aromatic carbocycles. The Morgan fingerprint density at radius 2 is 2.00 bits per heavy atom. The van der Waals surface area contributed by atoms with E-state index in [-0.39, 0.29) is 37.4 Å². The minimum absolute atomic E-state index is 0.119. The van der Waals surface area contributed by atoms with Crippen LogP contribution in [0.4, 0.5) is 5.69 Å². The highest BCUT2D eigenvalue weighted by Crippen LogP contribution is 2.40. The van der Waals surface area contributed by atoms with Gasteiger partial charge in [0.05, 0.1) is 37.5 Å². The summed E-state index contributed by atoms with van der Waals surface area (Å²) < 4.78 is 7.95. The summed E-state index contributed by atoms with van der Waals surface area (Å²) in [6, 6.07) is 8.28. The van der Waals surface area contributed by atoms with Gasteiger partial charge in [0.1, 0.15) is 5.52 Å². The Kier molecular flexibility index (Phi) is 3.86. The maximum atomic E-state index is 12.2. The number of rotatable bonds is 3. The molecule has 0 radical (unpaired) electrons. The number of halogens is 1. The second-order valence-electron chi connectivity index (χ2n) is 4.91. The van der Waals surface area contributed by atoms with Gasteiger partial charge in [-0.3, -0.25) is 14.9 Å². The first-order valence-corrected chi connectivity index (χ1v) is 8.73. The van der Waals surface area contributed by atoms with Gasteiger partial charge in [0.2, 0.25) is 0 Å². The molecule has 0 atom stereocenters. The molecule has 0 spiro atoms. The Bertz CT molecular complexity index is 1210. The van der Waals surface area contributed by atoms with E-state index >= 15 is 0 Å². The van der Waals surface area contributed by atoms with Gasteiger partial charge >= 0.3 is 5.69 Å². The zero-order chi connectivity index (χ0) is 17.6. The van der Waals surface area contributed by atoms with Crippen molar-refractivity contribution >= 4 is 62.7 Å². The molecule has 0 aliphatic rings. The number of nitrogens with zero attached hydrogens (tertiary/aromatic N) is 4. The number of para-hydroxylation sites is 1. The van der Waals surface area contributed by atoms with E-state index in [1.165, 1.54) is 6.07 Å². The largest absolute Gasteiger partial charge is 0.312 e. The standard InChI is InChI=1S/C14H6ClN5O3S2/c15-7-5-9(12(20(22)23)11-10(7)18-25-19-11)24-14-16-8-4-2-1-3-6(8)13(21)17-14/h1-5H,(H,16,17,21). The monoisotopic (exact) mass is 391 g/mol. The predicted octanol–water partition coefficient (Wildman–Crippen LogP) is 3.64. The van der Waals surface area contributed by atoms with Gasteiger partial charge in [0.25, 0.3) is 5.56 Å². The highest BCUT2D eigenvalue weighted by atomic mass is 35.5. The molecule has 11 heteroatoms. The van der Waals surface area contributed by atoms with E-state index in [0.717, 1.165) is 23.5 Å². The van der Waals surface area contributed by atoms with Crippen LogP contribution in [0.25, 0.3) is 21.9 Å². The lowest BCUT2D eigenvalue weighted by Gasteiger charge is -2.05. The lowest BCUT2D eigenvalue weighted by atomic mass is 10.2. The Balaban J connectivity index is 1.90. The van der Waals surface area contributed by atoms with Crippen LogP contribution in [-0.4, -0.2) is 23.6 Å². The summed E-state index contributed by atoms with van der Waals surface area (Å²) in [6.07, 6.45) is 0. The molecule has 0 bridgehead atoms. The van der Waals surface area contributed by atoms with Crippen LogP contribution >= 0.6 is 35.1 Å². The van der Waals surface area contributed by atoms with Crippen LogP contribution < -0.4 is 5.56 Å². The summed E-state index contributed by atoms with van der Waals surface area (Å²) in [5.41, 5.74) is 0.363. The lowest BCUT2D eigenvalue weighted by Crippen LogP contribution is -2.08. The minimum Gasteiger partial charge on any atom is -0.301 e. The van der Waals surface area contributed by atoms with Gasteiger partial charge in [-0.1, -0.05) is 23.7 Å². The van der Waals surface area contributed by atoms with Crippen LogP contribution in [0, 0.1) is 10.1 Å². The molecule has 0 aliphatic heterocycles. The first-order valence-electron chi connectivity index (χ1n) is 6.80. The summed E-state index contributed by atoms with van der Waals surface area (Å²) in [5, 5.41) is 12.4. The molecule has 2 aromatic heterocycles. The topological polar surface area (TPSA) is 115 Å². The van der Waals surface area contributed by atoms with Gasteiger partial charge in [-0.2, -0.15) is 8.75 Å². The summed E-state index contributed by atoms with van der Waals surface area (Å²) in [4.78, 5) is 30.3. The highest BCUT2D eigenvalue weighted by molar-refractivity contribution is 7.99. The molecule has 0 saturated carbocycles. The third kappa shape index (κ3) is 2.73. The highest BCUT2D eigenvalue weighted by Gasteiger charge is 2.25. The number of benzene rings is 2. The van der Waals surface area contributed by atoms with Crippen molar-refractivity contribution in [1.29, 1.82) is 0 Å². The molecule has 0 fully saturated rings. The van der Waals surface area contributed by atoms with E-state index < -0.39 is 4.92 Å². The summed E-state index contributed by atoms with van der Waals surface area (Å²) in [5.74, 6) is 0. The molecule has 4 aromatic rings. The van der Waals surface area contributed by atoms with Crippen LogP contribution in [0.3, 0.4) is 0 Å². The van der Waals surface area contributed by atoms with Crippen molar-refractivity contribution in [3.05, 3.63) is 55.8 Å². The Labute approximate surface area is 152 Å². The number of fused-ring (bicyclic) bond motifs is 2. The third-order valence-corrected chi connectivity index (χ3v) is 5.14. The van der Waals surface area contributed by atoms with E-state index in [1.807, 2.05) is 0 Å². The number of aromatic nitrogens is 4. The molecule has 8 nitrogen and oxygen atoms in total. The van der Waals surface area contributed by atoms with Crippen molar-refractivity contribution in [1.82, 2.24) is 18.7 Å². The van der Waals surface area contributed by atoms with E-state index in [4.69, 9.17) is 11.6 Å². The number of nitro groups is 1. The number of aromatic amines is 1. The molecule has 4 rings (SSSR count). The van der Waals surface area contributed by atoms with Crippen LogP contribution in [0.15, 0.2) is 45.2 Å². The normalized spacial score (nSPS) is 11.2. The number of hydrogen-bond donors (Lipinski definition) is 1. The van der Waals surface area contributed by atoms with Crippen molar-refractivity contribution in [2.45, 2.75) is 10.1 Å². The van der Waals surface area contributed by atoms with Gasteiger partial charge in [0.15, 0.2) is 10.7 Å². The second-order valence-corrected chi connectivity index (χ2v) is 6.88. The zero-order valence-corrected chi connectivity index (χ0v) is 14.5. The maximum absolute atomic E-state index is 12.2. The maximum Gasteiger partial charge on any atom is 0.312 e. The molecule has 0 amide bonds. The van der Waals surface area contributed by atoms with E-state index in [1.54, 1.807) is 24.3 Å². The fourth-order valence-corrected chi connectivity index (χ4v) is 4.20. The average molecular weight is 392 g/mol. The average Bonchev–Trinajstić information content (AvgIpc) is 3.04. The molecule has 0 unspecified atom stereocenters. The molecule has 0 saturated heterocycles. The second kappa shape index (κ2) is 6.06. The molecular weight excluding hydrogens is 386 g/mol. The number of nitrogens with one attached hydrogen (secondary N) is 1. The number of H-pyrrole nitrogens is 1. The van der Waals surface area contributed by atoms with Gasteiger partial charge in [-0.25, -0.2) is 4.98 Å². The molecule has 1 N–H and O–H groups in total. The lowest BCUT2D eigenvalue weighted by molar-refractivity contribution is -0.386. The number of hydrogen-bond acceptors (Lipinski definition) is 8. The Hall–Kier alpha value is -2.56. The predicted molar refractivity (Wildman–Crippen MR) is 95.6 cm³/mol. The summed E-state index contributed by atoms with van der Waals surface area (Å²) >= 11 is 7.94.